The van der Waals surface area contributed by atoms with E-state index in [-0.39, 0.29) is 0 Å². The summed E-state index contributed by atoms with van der Waals surface area (Å²) in [6, 6.07) is 10.6. The first-order chi connectivity index (χ1) is 11.7. The van der Waals surface area contributed by atoms with Crippen molar-refractivity contribution in [2.75, 3.05) is 26.3 Å². The van der Waals surface area contributed by atoms with Crippen LogP contribution in [0.25, 0.3) is 0 Å². The molecule has 2 heterocycles. The molecule has 0 aromatic heterocycles. The molecule has 2 aliphatic rings. The number of nitrogens with zero attached hydrogens (tertiary/aromatic N) is 1. The lowest BCUT2D eigenvalue weighted by Gasteiger charge is -2.36. The van der Waals surface area contributed by atoms with Gasteiger partial charge in [0.2, 0.25) is 0 Å². The summed E-state index contributed by atoms with van der Waals surface area (Å²) in [5.41, 5.74) is 2.92. The van der Waals surface area contributed by atoms with Crippen molar-refractivity contribution in [3.05, 3.63) is 35.4 Å². The number of hydrogen-bond acceptors (Lipinski definition) is 3. The molecule has 2 saturated heterocycles. The summed E-state index contributed by atoms with van der Waals surface area (Å²) in [5, 5.41) is 3.88. The van der Waals surface area contributed by atoms with Crippen molar-refractivity contribution in [2.45, 2.75) is 64.6 Å². The highest BCUT2D eigenvalue weighted by Crippen LogP contribution is 2.17. The maximum atomic E-state index is 5.47. The normalized spacial score (nSPS) is 23.7. The van der Waals surface area contributed by atoms with Gasteiger partial charge in [0.15, 0.2) is 0 Å². The van der Waals surface area contributed by atoms with Gasteiger partial charge in [-0.15, -0.1) is 0 Å². The minimum Gasteiger partial charge on any atom is -0.381 e. The van der Waals surface area contributed by atoms with E-state index in [9.17, 15) is 0 Å². The molecule has 3 rings (SSSR count). The van der Waals surface area contributed by atoms with Crippen LogP contribution in [0.2, 0.25) is 0 Å². The van der Waals surface area contributed by atoms with E-state index in [0.717, 1.165) is 25.7 Å². The van der Waals surface area contributed by atoms with Crippen molar-refractivity contribution < 1.29 is 4.74 Å². The molecule has 0 radical (unpaired) electrons. The summed E-state index contributed by atoms with van der Waals surface area (Å²) in [7, 11) is 0. The van der Waals surface area contributed by atoms with Gasteiger partial charge in [0.05, 0.1) is 0 Å². The Bertz CT molecular complexity index is 479. The van der Waals surface area contributed by atoms with Crippen LogP contribution in [0.3, 0.4) is 0 Å². The SMILES string of the molecule is CC(C)Cc1ccc(CN2CCCC(NC3CCOCC3)C2)cc1. The Labute approximate surface area is 147 Å². The van der Waals surface area contributed by atoms with Crippen LogP contribution in [0.5, 0.6) is 0 Å². The third-order valence-electron chi connectivity index (χ3n) is 5.27. The third kappa shape index (κ3) is 5.58. The number of piperidine rings is 1. The van der Waals surface area contributed by atoms with Crippen LogP contribution in [-0.4, -0.2) is 43.3 Å². The van der Waals surface area contributed by atoms with E-state index in [1.54, 1.807) is 0 Å². The lowest BCUT2D eigenvalue weighted by Crippen LogP contribution is -2.50. The second-order valence-electron chi connectivity index (χ2n) is 8.04. The van der Waals surface area contributed by atoms with Crippen LogP contribution in [0.15, 0.2) is 24.3 Å². The fraction of sp³-hybridized carbons (Fsp3) is 0.714. The van der Waals surface area contributed by atoms with Gasteiger partial charge in [-0.05, 0) is 55.7 Å². The summed E-state index contributed by atoms with van der Waals surface area (Å²) in [4.78, 5) is 2.62. The van der Waals surface area contributed by atoms with E-state index in [1.165, 1.54) is 56.3 Å². The van der Waals surface area contributed by atoms with Gasteiger partial charge < -0.3 is 10.1 Å². The lowest BCUT2D eigenvalue weighted by atomic mass is 10.00. The van der Waals surface area contributed by atoms with Gasteiger partial charge in [-0.3, -0.25) is 4.90 Å². The summed E-state index contributed by atoms with van der Waals surface area (Å²) in [6.45, 7) is 9.94. The van der Waals surface area contributed by atoms with Crippen molar-refractivity contribution >= 4 is 0 Å². The molecule has 2 aliphatic heterocycles. The molecule has 1 N–H and O–H groups in total. The average Bonchev–Trinajstić information content (AvgIpc) is 2.57. The van der Waals surface area contributed by atoms with Crippen LogP contribution in [0.1, 0.15) is 50.7 Å². The van der Waals surface area contributed by atoms with Crippen molar-refractivity contribution in [3.8, 4) is 0 Å². The quantitative estimate of drug-likeness (QED) is 0.862. The standard InChI is InChI=1S/C21H34N2O/c1-17(2)14-18-5-7-19(8-6-18)15-23-11-3-4-21(16-23)22-20-9-12-24-13-10-20/h5-8,17,20-22H,3-4,9-16H2,1-2H3. The van der Waals surface area contributed by atoms with Crippen molar-refractivity contribution in [1.82, 2.24) is 10.2 Å². The Hall–Kier alpha value is -0.900. The maximum absolute atomic E-state index is 5.47. The number of ether oxygens (including phenoxy) is 1. The topological polar surface area (TPSA) is 24.5 Å². The molecule has 0 bridgehead atoms. The van der Waals surface area contributed by atoms with Crippen LogP contribution in [0.4, 0.5) is 0 Å². The summed E-state index contributed by atoms with van der Waals surface area (Å²) in [6.07, 6.45) is 6.16. The first-order valence-corrected chi connectivity index (χ1v) is 9.83. The summed E-state index contributed by atoms with van der Waals surface area (Å²) in [5.74, 6) is 0.731. The summed E-state index contributed by atoms with van der Waals surface area (Å²) < 4.78 is 5.47. The van der Waals surface area contributed by atoms with Crippen LogP contribution >= 0.6 is 0 Å². The Balaban J connectivity index is 1.47. The molecule has 0 spiro atoms. The number of likely N-dealkylation sites (tertiary alicyclic amines) is 1. The van der Waals surface area contributed by atoms with Gasteiger partial charge in [0, 0.05) is 38.4 Å². The van der Waals surface area contributed by atoms with Crippen molar-refractivity contribution in [2.24, 2.45) is 5.92 Å². The maximum Gasteiger partial charge on any atom is 0.0480 e. The highest BCUT2D eigenvalue weighted by Gasteiger charge is 2.23. The highest BCUT2D eigenvalue weighted by atomic mass is 16.5. The molecule has 1 unspecified atom stereocenters. The van der Waals surface area contributed by atoms with Gasteiger partial charge in [0.1, 0.15) is 0 Å². The van der Waals surface area contributed by atoms with Gasteiger partial charge >= 0.3 is 0 Å². The zero-order chi connectivity index (χ0) is 16.8. The molecule has 1 atom stereocenters. The van der Waals surface area contributed by atoms with E-state index in [2.05, 4.69) is 48.3 Å². The zero-order valence-corrected chi connectivity index (χ0v) is 15.5. The van der Waals surface area contributed by atoms with Crippen molar-refractivity contribution in [1.29, 1.82) is 0 Å². The molecule has 1 aromatic rings. The molecular weight excluding hydrogens is 296 g/mol. The Morgan fingerprint density at radius 1 is 1.04 bits per heavy atom. The van der Waals surface area contributed by atoms with E-state index in [0.29, 0.717) is 12.1 Å². The molecule has 3 nitrogen and oxygen atoms in total. The molecule has 134 valence electrons. The summed E-state index contributed by atoms with van der Waals surface area (Å²) >= 11 is 0. The van der Waals surface area contributed by atoms with Crippen molar-refractivity contribution in [3.63, 3.8) is 0 Å². The molecule has 2 fully saturated rings. The Morgan fingerprint density at radius 3 is 2.46 bits per heavy atom. The van der Waals surface area contributed by atoms with Gasteiger partial charge in [0.25, 0.3) is 0 Å². The monoisotopic (exact) mass is 330 g/mol. The number of rotatable bonds is 6. The Kier molecular flexibility index (Phi) is 6.70. The second kappa shape index (κ2) is 8.98. The Morgan fingerprint density at radius 2 is 1.75 bits per heavy atom. The van der Waals surface area contributed by atoms with E-state index in [4.69, 9.17) is 4.74 Å². The van der Waals surface area contributed by atoms with E-state index in [1.807, 2.05) is 0 Å². The number of benzene rings is 1. The smallest absolute Gasteiger partial charge is 0.0480 e. The molecule has 24 heavy (non-hydrogen) atoms. The first kappa shape index (κ1) is 17.9. The second-order valence-corrected chi connectivity index (χ2v) is 8.04. The van der Waals surface area contributed by atoms with E-state index < -0.39 is 0 Å². The van der Waals surface area contributed by atoms with Gasteiger partial charge in [-0.2, -0.15) is 0 Å². The minimum atomic E-state index is 0.655. The lowest BCUT2D eigenvalue weighted by molar-refractivity contribution is 0.0690. The largest absolute Gasteiger partial charge is 0.381 e. The first-order valence-electron chi connectivity index (χ1n) is 9.83. The molecule has 0 saturated carbocycles. The predicted octanol–water partition coefficient (Wildman–Crippen LogP) is 3.62. The molecule has 3 heteroatoms. The fourth-order valence-corrected chi connectivity index (χ4v) is 4.04. The zero-order valence-electron chi connectivity index (χ0n) is 15.5. The predicted molar refractivity (Wildman–Crippen MR) is 100 cm³/mol. The van der Waals surface area contributed by atoms with Crippen LogP contribution in [0, 0.1) is 5.92 Å². The number of nitrogens with one attached hydrogen (secondary N) is 1. The van der Waals surface area contributed by atoms with Gasteiger partial charge in [-0.1, -0.05) is 38.1 Å². The van der Waals surface area contributed by atoms with E-state index >= 15 is 0 Å². The number of hydrogen-bond donors (Lipinski definition) is 1. The highest BCUT2D eigenvalue weighted by molar-refractivity contribution is 5.23. The minimum absolute atomic E-state index is 0.655. The molecule has 0 amide bonds. The molecule has 0 aliphatic carbocycles. The average molecular weight is 331 g/mol. The van der Waals surface area contributed by atoms with Crippen LogP contribution < -0.4 is 5.32 Å². The fourth-order valence-electron chi connectivity index (χ4n) is 4.04. The third-order valence-corrected chi connectivity index (χ3v) is 5.27. The molecular formula is C21H34N2O. The molecule has 1 aromatic carbocycles. The van der Waals surface area contributed by atoms with Gasteiger partial charge in [-0.25, -0.2) is 0 Å². The van der Waals surface area contributed by atoms with Crippen LogP contribution in [-0.2, 0) is 17.7 Å².